The SMILES string of the molecule is CCCN(CC(=O)N(C)C)Cc1cc(OC)ccc1O. The minimum atomic E-state index is 0.0563. The van der Waals surface area contributed by atoms with Crippen molar-refractivity contribution in [1.82, 2.24) is 9.80 Å². The summed E-state index contributed by atoms with van der Waals surface area (Å²) in [7, 11) is 5.08. The van der Waals surface area contributed by atoms with Crippen molar-refractivity contribution in [1.29, 1.82) is 0 Å². The topological polar surface area (TPSA) is 53.0 Å². The second kappa shape index (κ2) is 7.75. The third-order valence-electron chi connectivity index (χ3n) is 3.08. The van der Waals surface area contributed by atoms with Gasteiger partial charge in [-0.1, -0.05) is 6.92 Å². The summed E-state index contributed by atoms with van der Waals surface area (Å²) in [6.07, 6.45) is 0.950. The molecule has 0 fully saturated rings. The van der Waals surface area contributed by atoms with Crippen LogP contribution in [0.3, 0.4) is 0 Å². The first kappa shape index (κ1) is 16.3. The molecule has 20 heavy (non-hydrogen) atoms. The Labute approximate surface area is 120 Å². The van der Waals surface area contributed by atoms with E-state index in [0.29, 0.717) is 18.8 Å². The van der Waals surface area contributed by atoms with E-state index in [-0.39, 0.29) is 11.7 Å². The van der Waals surface area contributed by atoms with E-state index in [1.54, 1.807) is 44.3 Å². The van der Waals surface area contributed by atoms with Gasteiger partial charge in [0.05, 0.1) is 13.7 Å². The minimum absolute atomic E-state index is 0.0563. The Balaban J connectivity index is 2.81. The summed E-state index contributed by atoms with van der Waals surface area (Å²) in [6.45, 7) is 3.74. The average Bonchev–Trinajstić information content (AvgIpc) is 2.41. The number of amides is 1. The molecule has 5 heteroatoms. The van der Waals surface area contributed by atoms with Crippen LogP contribution in [-0.4, -0.2) is 55.1 Å². The van der Waals surface area contributed by atoms with Crippen molar-refractivity contribution in [2.45, 2.75) is 19.9 Å². The number of hydrogen-bond acceptors (Lipinski definition) is 4. The largest absolute Gasteiger partial charge is 0.508 e. The lowest BCUT2D eigenvalue weighted by molar-refractivity contribution is -0.130. The molecule has 1 rings (SSSR count). The molecule has 1 aromatic rings. The summed E-state index contributed by atoms with van der Waals surface area (Å²) in [4.78, 5) is 15.4. The molecule has 0 atom stereocenters. The molecule has 5 nitrogen and oxygen atoms in total. The third kappa shape index (κ3) is 4.74. The molecule has 1 amide bonds. The number of benzene rings is 1. The molecule has 112 valence electrons. The molecular formula is C15H24N2O3. The molecule has 0 aliphatic heterocycles. The predicted molar refractivity (Wildman–Crippen MR) is 78.9 cm³/mol. The fourth-order valence-corrected chi connectivity index (χ4v) is 1.92. The Morgan fingerprint density at radius 1 is 1.35 bits per heavy atom. The number of rotatable bonds is 7. The molecule has 0 aliphatic rings. The number of phenolic OH excluding ortho intramolecular Hbond substituents is 1. The van der Waals surface area contributed by atoms with Gasteiger partial charge in [-0.3, -0.25) is 9.69 Å². The monoisotopic (exact) mass is 280 g/mol. The van der Waals surface area contributed by atoms with Crippen molar-refractivity contribution >= 4 is 5.91 Å². The van der Waals surface area contributed by atoms with Crippen LogP contribution in [-0.2, 0) is 11.3 Å². The Morgan fingerprint density at radius 3 is 2.60 bits per heavy atom. The van der Waals surface area contributed by atoms with Gasteiger partial charge in [0, 0.05) is 26.2 Å². The standard InChI is InChI=1S/C15H24N2O3/c1-5-8-17(11-15(19)16(2)3)10-12-9-13(20-4)6-7-14(12)18/h6-7,9,18H,5,8,10-11H2,1-4H3. The lowest BCUT2D eigenvalue weighted by Crippen LogP contribution is -2.36. The maximum absolute atomic E-state index is 11.8. The zero-order valence-electron chi connectivity index (χ0n) is 12.7. The average molecular weight is 280 g/mol. The highest BCUT2D eigenvalue weighted by molar-refractivity contribution is 5.77. The zero-order valence-corrected chi connectivity index (χ0v) is 12.7. The summed E-state index contributed by atoms with van der Waals surface area (Å²) < 4.78 is 5.17. The summed E-state index contributed by atoms with van der Waals surface area (Å²) >= 11 is 0. The second-order valence-corrected chi connectivity index (χ2v) is 4.99. The number of aromatic hydroxyl groups is 1. The normalized spacial score (nSPS) is 10.7. The zero-order chi connectivity index (χ0) is 15.1. The number of carbonyl (C=O) groups excluding carboxylic acids is 1. The van der Waals surface area contributed by atoms with Gasteiger partial charge in [0.15, 0.2) is 0 Å². The van der Waals surface area contributed by atoms with Crippen LogP contribution in [0.15, 0.2) is 18.2 Å². The molecule has 1 N–H and O–H groups in total. The smallest absolute Gasteiger partial charge is 0.236 e. The second-order valence-electron chi connectivity index (χ2n) is 4.99. The summed E-state index contributed by atoms with van der Waals surface area (Å²) in [5.41, 5.74) is 0.768. The van der Waals surface area contributed by atoms with Crippen LogP contribution >= 0.6 is 0 Å². The van der Waals surface area contributed by atoms with Gasteiger partial charge in [0.2, 0.25) is 5.91 Å². The van der Waals surface area contributed by atoms with Crippen LogP contribution in [0, 0.1) is 0 Å². The number of carbonyl (C=O) groups is 1. The van der Waals surface area contributed by atoms with Gasteiger partial charge in [-0.15, -0.1) is 0 Å². The van der Waals surface area contributed by atoms with Crippen molar-refractivity contribution in [3.05, 3.63) is 23.8 Å². The van der Waals surface area contributed by atoms with E-state index >= 15 is 0 Å². The van der Waals surface area contributed by atoms with Gasteiger partial charge in [-0.25, -0.2) is 0 Å². The van der Waals surface area contributed by atoms with E-state index in [9.17, 15) is 9.90 Å². The molecule has 0 aromatic heterocycles. The van der Waals surface area contributed by atoms with Crippen molar-refractivity contribution in [2.75, 3.05) is 34.3 Å². The molecule has 0 radical (unpaired) electrons. The first-order chi connectivity index (χ1) is 9.47. The van der Waals surface area contributed by atoms with Crippen LogP contribution in [0.4, 0.5) is 0 Å². The van der Waals surface area contributed by atoms with E-state index < -0.39 is 0 Å². The summed E-state index contributed by atoms with van der Waals surface area (Å²) in [5.74, 6) is 0.984. The van der Waals surface area contributed by atoms with Gasteiger partial charge in [0.25, 0.3) is 0 Å². The first-order valence-electron chi connectivity index (χ1n) is 6.76. The summed E-state index contributed by atoms with van der Waals surface area (Å²) in [6, 6.07) is 5.14. The highest BCUT2D eigenvalue weighted by Crippen LogP contribution is 2.24. The molecule has 0 bridgehead atoms. The lowest BCUT2D eigenvalue weighted by atomic mass is 10.1. The molecule has 0 saturated heterocycles. The highest BCUT2D eigenvalue weighted by Gasteiger charge is 2.14. The summed E-state index contributed by atoms with van der Waals surface area (Å²) in [5, 5.41) is 9.91. The number of methoxy groups -OCH3 is 1. The predicted octanol–water partition coefficient (Wildman–Crippen LogP) is 1.70. The van der Waals surface area contributed by atoms with Crippen molar-refractivity contribution in [3.63, 3.8) is 0 Å². The lowest BCUT2D eigenvalue weighted by Gasteiger charge is -2.23. The van der Waals surface area contributed by atoms with E-state index in [1.807, 2.05) is 4.90 Å². The first-order valence-corrected chi connectivity index (χ1v) is 6.76. The molecule has 1 aromatic carbocycles. The molecule has 0 spiro atoms. The Bertz CT molecular complexity index is 447. The van der Waals surface area contributed by atoms with Crippen LogP contribution in [0.2, 0.25) is 0 Å². The van der Waals surface area contributed by atoms with Crippen LogP contribution in [0.5, 0.6) is 11.5 Å². The molecule has 0 unspecified atom stereocenters. The van der Waals surface area contributed by atoms with E-state index in [4.69, 9.17) is 4.74 Å². The van der Waals surface area contributed by atoms with E-state index in [2.05, 4.69) is 6.92 Å². The molecular weight excluding hydrogens is 256 g/mol. The fourth-order valence-electron chi connectivity index (χ4n) is 1.92. The van der Waals surface area contributed by atoms with Gasteiger partial charge >= 0.3 is 0 Å². The minimum Gasteiger partial charge on any atom is -0.508 e. The van der Waals surface area contributed by atoms with Gasteiger partial charge in [-0.2, -0.15) is 0 Å². The number of ether oxygens (including phenoxy) is 1. The highest BCUT2D eigenvalue weighted by atomic mass is 16.5. The van der Waals surface area contributed by atoms with Crippen LogP contribution < -0.4 is 4.74 Å². The number of phenols is 1. The van der Waals surface area contributed by atoms with Gasteiger partial charge < -0.3 is 14.7 Å². The number of hydrogen-bond donors (Lipinski definition) is 1. The van der Waals surface area contributed by atoms with E-state index in [0.717, 1.165) is 18.5 Å². The fraction of sp³-hybridized carbons (Fsp3) is 0.533. The third-order valence-corrected chi connectivity index (χ3v) is 3.08. The van der Waals surface area contributed by atoms with Crippen LogP contribution in [0.25, 0.3) is 0 Å². The van der Waals surface area contributed by atoms with Gasteiger partial charge in [-0.05, 0) is 31.2 Å². The van der Waals surface area contributed by atoms with Crippen molar-refractivity contribution < 1.29 is 14.6 Å². The maximum atomic E-state index is 11.8. The van der Waals surface area contributed by atoms with Crippen molar-refractivity contribution in [2.24, 2.45) is 0 Å². The Morgan fingerprint density at radius 2 is 2.05 bits per heavy atom. The van der Waals surface area contributed by atoms with Crippen molar-refractivity contribution in [3.8, 4) is 11.5 Å². The van der Waals surface area contributed by atoms with Gasteiger partial charge in [0.1, 0.15) is 11.5 Å². The quantitative estimate of drug-likeness (QED) is 0.826. The van der Waals surface area contributed by atoms with Crippen LogP contribution in [0.1, 0.15) is 18.9 Å². The molecule has 0 aliphatic carbocycles. The maximum Gasteiger partial charge on any atom is 0.236 e. The molecule has 0 saturated carbocycles. The number of nitrogens with zero attached hydrogens (tertiary/aromatic N) is 2. The Hall–Kier alpha value is -1.75. The Kier molecular flexibility index (Phi) is 6.31. The molecule has 0 heterocycles. The number of likely N-dealkylation sites (N-methyl/N-ethyl adjacent to an activating group) is 1. The van der Waals surface area contributed by atoms with E-state index in [1.165, 1.54) is 0 Å².